The number of carbonyl (C=O) groups is 1. The number of hydrogen-bond donors (Lipinski definition) is 0. The van der Waals surface area contributed by atoms with E-state index in [-0.39, 0.29) is 6.04 Å². The van der Waals surface area contributed by atoms with Gasteiger partial charge in [0, 0.05) is 55.6 Å². The standard InChI is InChI=1S/C10H18IN3O/c1-12-5-7-13(8-6-12)10(15)9-3-2-4-14(9)11/h9H,2-8H2,1H3. The van der Waals surface area contributed by atoms with Crippen molar-refractivity contribution in [1.29, 1.82) is 0 Å². The molecule has 4 nitrogen and oxygen atoms in total. The molecule has 2 aliphatic rings. The van der Waals surface area contributed by atoms with Crippen LogP contribution in [0, 0.1) is 0 Å². The molecule has 0 aromatic carbocycles. The minimum Gasteiger partial charge on any atom is -0.339 e. The van der Waals surface area contributed by atoms with Crippen LogP contribution in [-0.4, -0.2) is 64.6 Å². The second-order valence-electron chi connectivity index (χ2n) is 4.41. The molecule has 2 saturated heterocycles. The van der Waals surface area contributed by atoms with E-state index in [0.29, 0.717) is 5.91 Å². The summed E-state index contributed by atoms with van der Waals surface area (Å²) in [6.07, 6.45) is 2.20. The van der Waals surface area contributed by atoms with Crippen LogP contribution in [0.3, 0.4) is 0 Å². The van der Waals surface area contributed by atoms with Gasteiger partial charge in [-0.25, -0.2) is 3.11 Å². The number of rotatable bonds is 1. The van der Waals surface area contributed by atoms with Crippen molar-refractivity contribution in [3.8, 4) is 0 Å². The summed E-state index contributed by atoms with van der Waals surface area (Å²) in [4.78, 5) is 16.5. The molecule has 0 bridgehead atoms. The maximum Gasteiger partial charge on any atom is 0.240 e. The molecule has 5 heteroatoms. The van der Waals surface area contributed by atoms with Gasteiger partial charge in [-0.1, -0.05) is 0 Å². The van der Waals surface area contributed by atoms with Gasteiger partial charge in [0.25, 0.3) is 0 Å². The normalized spacial score (nSPS) is 29.7. The summed E-state index contributed by atoms with van der Waals surface area (Å²) < 4.78 is 2.17. The number of piperazine rings is 1. The van der Waals surface area contributed by atoms with Crippen LogP contribution in [0.4, 0.5) is 0 Å². The Morgan fingerprint density at radius 1 is 1.20 bits per heavy atom. The van der Waals surface area contributed by atoms with Crippen LogP contribution in [0.5, 0.6) is 0 Å². The van der Waals surface area contributed by atoms with Crippen molar-refractivity contribution < 1.29 is 4.79 Å². The monoisotopic (exact) mass is 323 g/mol. The minimum atomic E-state index is 0.147. The lowest BCUT2D eigenvalue weighted by molar-refractivity contribution is -0.135. The van der Waals surface area contributed by atoms with Crippen LogP contribution in [0.2, 0.25) is 0 Å². The van der Waals surface area contributed by atoms with Gasteiger partial charge < -0.3 is 9.80 Å². The van der Waals surface area contributed by atoms with E-state index in [1.54, 1.807) is 0 Å². The van der Waals surface area contributed by atoms with Crippen molar-refractivity contribution in [3.63, 3.8) is 0 Å². The molecule has 0 saturated carbocycles. The highest BCUT2D eigenvalue weighted by Gasteiger charge is 2.33. The molecule has 2 aliphatic heterocycles. The number of carbonyl (C=O) groups excluding carboxylic acids is 1. The van der Waals surface area contributed by atoms with E-state index < -0.39 is 0 Å². The lowest BCUT2D eigenvalue weighted by Crippen LogP contribution is -2.51. The summed E-state index contributed by atoms with van der Waals surface area (Å²) >= 11 is 2.28. The molecular formula is C10H18IN3O. The van der Waals surface area contributed by atoms with Crippen LogP contribution in [0.1, 0.15) is 12.8 Å². The van der Waals surface area contributed by atoms with Gasteiger partial charge >= 0.3 is 0 Å². The Morgan fingerprint density at radius 3 is 2.40 bits per heavy atom. The third-order valence-electron chi connectivity index (χ3n) is 3.29. The molecule has 0 spiro atoms. The third-order valence-corrected chi connectivity index (χ3v) is 4.44. The highest BCUT2D eigenvalue weighted by molar-refractivity contribution is 14.1. The Balaban J connectivity index is 1.90. The van der Waals surface area contributed by atoms with Crippen molar-refractivity contribution >= 4 is 28.8 Å². The first kappa shape index (κ1) is 11.6. The molecule has 0 aliphatic carbocycles. The first-order valence-corrected chi connectivity index (χ1v) is 6.55. The van der Waals surface area contributed by atoms with Crippen LogP contribution in [0.15, 0.2) is 0 Å². The van der Waals surface area contributed by atoms with Crippen LogP contribution in [0.25, 0.3) is 0 Å². The number of halogens is 1. The van der Waals surface area contributed by atoms with E-state index in [2.05, 4.69) is 37.9 Å². The lowest BCUT2D eigenvalue weighted by Gasteiger charge is -2.34. The van der Waals surface area contributed by atoms with Crippen molar-refractivity contribution in [3.05, 3.63) is 0 Å². The quantitative estimate of drug-likeness (QED) is 0.522. The molecule has 0 N–H and O–H groups in total. The van der Waals surface area contributed by atoms with Gasteiger partial charge in [0.05, 0.1) is 6.04 Å². The summed E-state index contributed by atoms with van der Waals surface area (Å²) in [5.74, 6) is 0.343. The van der Waals surface area contributed by atoms with Gasteiger partial charge in [0.1, 0.15) is 0 Å². The summed E-state index contributed by atoms with van der Waals surface area (Å²) in [5.41, 5.74) is 0. The van der Waals surface area contributed by atoms with Crippen molar-refractivity contribution in [1.82, 2.24) is 12.9 Å². The Kier molecular flexibility index (Phi) is 3.84. The largest absolute Gasteiger partial charge is 0.339 e. The molecule has 2 heterocycles. The van der Waals surface area contributed by atoms with Gasteiger partial charge in [-0.15, -0.1) is 0 Å². The first-order valence-electron chi connectivity index (χ1n) is 5.58. The smallest absolute Gasteiger partial charge is 0.240 e. The molecule has 0 aromatic heterocycles. The fraction of sp³-hybridized carbons (Fsp3) is 0.900. The Hall–Kier alpha value is 0.120. The molecule has 1 amide bonds. The molecule has 1 atom stereocenters. The van der Waals surface area contributed by atoms with Crippen molar-refractivity contribution in [2.75, 3.05) is 39.8 Å². The molecule has 2 rings (SSSR count). The van der Waals surface area contributed by atoms with Crippen LogP contribution in [-0.2, 0) is 4.79 Å². The molecule has 15 heavy (non-hydrogen) atoms. The van der Waals surface area contributed by atoms with E-state index in [1.165, 1.54) is 0 Å². The minimum absolute atomic E-state index is 0.147. The Morgan fingerprint density at radius 2 is 1.87 bits per heavy atom. The van der Waals surface area contributed by atoms with Crippen molar-refractivity contribution in [2.24, 2.45) is 0 Å². The predicted octanol–water partition coefficient (Wildman–Crippen LogP) is 0.575. The summed E-state index contributed by atoms with van der Waals surface area (Å²) in [7, 11) is 2.11. The van der Waals surface area contributed by atoms with E-state index in [9.17, 15) is 4.79 Å². The number of amides is 1. The average Bonchev–Trinajstić information content (AvgIpc) is 2.65. The fourth-order valence-electron chi connectivity index (χ4n) is 2.21. The van der Waals surface area contributed by atoms with E-state index in [0.717, 1.165) is 45.6 Å². The zero-order chi connectivity index (χ0) is 10.8. The van der Waals surface area contributed by atoms with Gasteiger partial charge in [0.15, 0.2) is 0 Å². The second-order valence-corrected chi connectivity index (χ2v) is 5.65. The van der Waals surface area contributed by atoms with Gasteiger partial charge in [-0.05, 0) is 19.9 Å². The van der Waals surface area contributed by atoms with Crippen molar-refractivity contribution in [2.45, 2.75) is 18.9 Å². The van der Waals surface area contributed by atoms with Crippen LogP contribution >= 0.6 is 22.9 Å². The summed E-state index contributed by atoms with van der Waals surface area (Å²) in [6, 6.07) is 0.147. The van der Waals surface area contributed by atoms with Crippen LogP contribution < -0.4 is 0 Å². The van der Waals surface area contributed by atoms with Gasteiger partial charge in [-0.3, -0.25) is 4.79 Å². The SMILES string of the molecule is CN1CCN(C(=O)C2CCCN2I)CC1. The molecular weight excluding hydrogens is 305 g/mol. The highest BCUT2D eigenvalue weighted by atomic mass is 127. The lowest BCUT2D eigenvalue weighted by atomic mass is 10.2. The third kappa shape index (κ3) is 2.62. The first-order chi connectivity index (χ1) is 7.18. The fourth-order valence-corrected chi connectivity index (χ4v) is 3.07. The molecule has 86 valence electrons. The van der Waals surface area contributed by atoms with Gasteiger partial charge in [0.2, 0.25) is 5.91 Å². The summed E-state index contributed by atoms with van der Waals surface area (Å²) in [5, 5.41) is 0. The highest BCUT2D eigenvalue weighted by Crippen LogP contribution is 2.23. The number of hydrogen-bond acceptors (Lipinski definition) is 3. The van der Waals surface area contributed by atoms with E-state index in [1.807, 2.05) is 4.90 Å². The predicted molar refractivity (Wildman–Crippen MR) is 67.8 cm³/mol. The van der Waals surface area contributed by atoms with Gasteiger partial charge in [-0.2, -0.15) is 0 Å². The topological polar surface area (TPSA) is 26.8 Å². The number of nitrogens with zero attached hydrogens (tertiary/aromatic N) is 3. The Bertz CT molecular complexity index is 241. The molecule has 0 aromatic rings. The number of likely N-dealkylation sites (N-methyl/N-ethyl adjacent to an activating group) is 1. The zero-order valence-electron chi connectivity index (χ0n) is 9.15. The van der Waals surface area contributed by atoms with E-state index in [4.69, 9.17) is 0 Å². The molecule has 0 radical (unpaired) electrons. The average molecular weight is 323 g/mol. The van der Waals surface area contributed by atoms with E-state index >= 15 is 0 Å². The maximum absolute atomic E-state index is 12.2. The summed E-state index contributed by atoms with van der Waals surface area (Å²) in [6.45, 7) is 4.89. The molecule has 1 unspecified atom stereocenters. The Labute approximate surface area is 105 Å². The zero-order valence-corrected chi connectivity index (χ0v) is 11.3. The molecule has 2 fully saturated rings. The second kappa shape index (κ2) is 4.97. The maximum atomic E-state index is 12.2.